The summed E-state index contributed by atoms with van der Waals surface area (Å²) in [6, 6.07) is 3.53. The highest BCUT2D eigenvalue weighted by molar-refractivity contribution is 5.98. The second-order valence-corrected chi connectivity index (χ2v) is 6.49. The first kappa shape index (κ1) is 20.4. The first-order valence-corrected chi connectivity index (χ1v) is 7.69. The maximum Gasteiger partial charge on any atom is 0.257 e. The Hall–Kier alpha value is -1.66. The number of carbonyl (C=O) groups excluding carboxylic acids is 1. The van der Waals surface area contributed by atoms with Crippen molar-refractivity contribution in [2.45, 2.75) is 26.3 Å². The number of likely N-dealkylation sites (tertiary alicyclic amines) is 1. The lowest BCUT2D eigenvalue weighted by Gasteiger charge is -2.42. The third-order valence-corrected chi connectivity index (χ3v) is 4.53. The molecule has 6 nitrogen and oxygen atoms in total. The maximum absolute atomic E-state index is 13.0. The van der Waals surface area contributed by atoms with E-state index in [2.05, 4.69) is 13.8 Å². The molecule has 0 spiro atoms. The van der Waals surface area contributed by atoms with Crippen LogP contribution >= 0.6 is 12.4 Å². The molecule has 1 saturated heterocycles. The number of nitrogens with zero attached hydrogens (tertiary/aromatic N) is 1. The first-order chi connectivity index (χ1) is 10.9. The Kier molecular flexibility index (Phi) is 6.75. The molecule has 1 fully saturated rings. The van der Waals surface area contributed by atoms with Crippen LogP contribution in [0.3, 0.4) is 0 Å². The molecule has 0 aliphatic carbocycles. The van der Waals surface area contributed by atoms with Gasteiger partial charge in [0.1, 0.15) is 0 Å². The minimum absolute atomic E-state index is 0. The number of piperidine rings is 1. The second-order valence-electron chi connectivity index (χ2n) is 6.49. The van der Waals surface area contributed by atoms with Gasteiger partial charge in [-0.1, -0.05) is 13.8 Å². The van der Waals surface area contributed by atoms with Gasteiger partial charge < -0.3 is 24.8 Å². The van der Waals surface area contributed by atoms with Crippen LogP contribution in [-0.4, -0.2) is 51.3 Å². The number of ether oxygens (including phenoxy) is 3. The molecule has 1 unspecified atom stereocenters. The quantitative estimate of drug-likeness (QED) is 0.894. The van der Waals surface area contributed by atoms with Gasteiger partial charge in [-0.3, -0.25) is 4.79 Å². The van der Waals surface area contributed by atoms with E-state index in [0.29, 0.717) is 35.9 Å². The van der Waals surface area contributed by atoms with Gasteiger partial charge in [-0.2, -0.15) is 0 Å². The van der Waals surface area contributed by atoms with Crippen molar-refractivity contribution in [3.8, 4) is 17.2 Å². The van der Waals surface area contributed by atoms with E-state index >= 15 is 0 Å². The Bertz CT molecular complexity index is 592. The van der Waals surface area contributed by atoms with Crippen molar-refractivity contribution < 1.29 is 19.0 Å². The van der Waals surface area contributed by atoms with Crippen molar-refractivity contribution >= 4 is 18.3 Å². The zero-order chi connectivity index (χ0) is 17.2. The molecule has 1 aromatic rings. The molecule has 1 aliphatic rings. The van der Waals surface area contributed by atoms with Crippen molar-refractivity contribution in [3.63, 3.8) is 0 Å². The molecule has 136 valence electrons. The van der Waals surface area contributed by atoms with Crippen molar-refractivity contribution in [2.75, 3.05) is 34.4 Å². The minimum atomic E-state index is -0.113. The van der Waals surface area contributed by atoms with Gasteiger partial charge in [0.05, 0.1) is 26.9 Å². The fourth-order valence-corrected chi connectivity index (χ4v) is 2.99. The molecule has 1 aromatic carbocycles. The summed E-state index contributed by atoms with van der Waals surface area (Å²) in [5.74, 6) is 1.27. The number of halogens is 1. The molecule has 2 rings (SSSR count). The van der Waals surface area contributed by atoms with Crippen molar-refractivity contribution in [2.24, 2.45) is 11.1 Å². The molecule has 0 aromatic heterocycles. The van der Waals surface area contributed by atoms with Crippen molar-refractivity contribution in [1.82, 2.24) is 4.90 Å². The number of methoxy groups -OCH3 is 3. The number of hydrogen-bond donors (Lipinski definition) is 1. The van der Waals surface area contributed by atoms with Crippen LogP contribution in [-0.2, 0) is 0 Å². The summed E-state index contributed by atoms with van der Waals surface area (Å²) >= 11 is 0. The maximum atomic E-state index is 13.0. The van der Waals surface area contributed by atoms with Crippen molar-refractivity contribution in [3.05, 3.63) is 17.7 Å². The van der Waals surface area contributed by atoms with Crippen LogP contribution in [0.15, 0.2) is 12.1 Å². The summed E-state index contributed by atoms with van der Waals surface area (Å²) in [6.45, 7) is 5.43. The Morgan fingerprint density at radius 1 is 1.17 bits per heavy atom. The lowest BCUT2D eigenvalue weighted by molar-refractivity contribution is 0.0529. The highest BCUT2D eigenvalue weighted by atomic mass is 35.5. The minimum Gasteiger partial charge on any atom is -0.493 e. The van der Waals surface area contributed by atoms with Gasteiger partial charge >= 0.3 is 0 Å². The fraction of sp³-hybridized carbons (Fsp3) is 0.588. The third kappa shape index (κ3) is 3.70. The number of rotatable bonds is 4. The van der Waals surface area contributed by atoms with E-state index < -0.39 is 0 Å². The summed E-state index contributed by atoms with van der Waals surface area (Å²) in [4.78, 5) is 14.8. The van der Waals surface area contributed by atoms with E-state index in [0.717, 1.165) is 6.42 Å². The van der Waals surface area contributed by atoms with Crippen LogP contribution in [0, 0.1) is 5.41 Å². The predicted octanol–water partition coefficient (Wildman–Crippen LogP) is 2.33. The first-order valence-electron chi connectivity index (χ1n) is 7.69. The van der Waals surface area contributed by atoms with Gasteiger partial charge in [0.2, 0.25) is 5.75 Å². The van der Waals surface area contributed by atoms with E-state index in [9.17, 15) is 4.79 Å². The predicted molar refractivity (Wildman–Crippen MR) is 95.6 cm³/mol. The second kappa shape index (κ2) is 7.94. The van der Waals surface area contributed by atoms with Gasteiger partial charge in [0.25, 0.3) is 5.91 Å². The Morgan fingerprint density at radius 2 is 1.79 bits per heavy atom. The van der Waals surface area contributed by atoms with Crippen LogP contribution in [0.1, 0.15) is 30.6 Å². The molecule has 0 saturated carbocycles. The standard InChI is InChI=1S/C17H26N2O4.ClH/c1-17(2)10-19(9-8-13(17)18)16(20)11-6-7-12(21-3)15(23-5)14(11)22-4;/h6-7,13H,8-10,18H2,1-5H3;1H. The lowest BCUT2D eigenvalue weighted by Crippen LogP contribution is -2.54. The van der Waals surface area contributed by atoms with Gasteiger partial charge in [-0.15, -0.1) is 12.4 Å². The topological polar surface area (TPSA) is 74.0 Å². The third-order valence-electron chi connectivity index (χ3n) is 4.53. The van der Waals surface area contributed by atoms with Crippen LogP contribution in [0.4, 0.5) is 0 Å². The van der Waals surface area contributed by atoms with Crippen LogP contribution in [0.25, 0.3) is 0 Å². The van der Waals surface area contributed by atoms with Crippen LogP contribution in [0.5, 0.6) is 17.2 Å². The summed E-state index contributed by atoms with van der Waals surface area (Å²) in [7, 11) is 4.59. The molecule has 1 atom stereocenters. The highest BCUT2D eigenvalue weighted by Gasteiger charge is 2.36. The molecular weight excluding hydrogens is 332 g/mol. The molecule has 1 amide bonds. The van der Waals surface area contributed by atoms with Crippen LogP contribution < -0.4 is 19.9 Å². The highest BCUT2D eigenvalue weighted by Crippen LogP contribution is 2.40. The Balaban J connectivity index is 0.00000288. The summed E-state index contributed by atoms with van der Waals surface area (Å²) in [5.41, 5.74) is 6.51. The number of carbonyl (C=O) groups is 1. The molecular formula is C17H27ClN2O4. The van der Waals surface area contributed by atoms with E-state index in [1.165, 1.54) is 14.2 Å². The number of nitrogens with two attached hydrogens (primary N) is 1. The average Bonchev–Trinajstić information content (AvgIpc) is 2.54. The number of amides is 1. The smallest absolute Gasteiger partial charge is 0.257 e. The molecule has 1 aliphatic heterocycles. The molecule has 0 radical (unpaired) electrons. The molecule has 0 bridgehead atoms. The lowest BCUT2D eigenvalue weighted by atomic mass is 9.79. The summed E-state index contributed by atoms with van der Waals surface area (Å²) in [6.07, 6.45) is 0.786. The van der Waals surface area contributed by atoms with Crippen LogP contribution in [0.2, 0.25) is 0 Å². The average molecular weight is 359 g/mol. The van der Waals surface area contributed by atoms with Gasteiger partial charge in [0, 0.05) is 19.1 Å². The fourth-order valence-electron chi connectivity index (χ4n) is 2.99. The largest absolute Gasteiger partial charge is 0.493 e. The van der Waals surface area contributed by atoms with Gasteiger partial charge in [0.15, 0.2) is 11.5 Å². The SMILES string of the molecule is COc1ccc(C(=O)N2CCC(N)C(C)(C)C2)c(OC)c1OC.Cl. The summed E-state index contributed by atoms with van der Waals surface area (Å²) < 4.78 is 16.0. The zero-order valence-corrected chi connectivity index (χ0v) is 15.7. The number of hydrogen-bond acceptors (Lipinski definition) is 5. The van der Waals surface area contributed by atoms with E-state index in [4.69, 9.17) is 19.9 Å². The summed E-state index contributed by atoms with van der Waals surface area (Å²) in [5, 5.41) is 0. The van der Waals surface area contributed by atoms with E-state index in [1.54, 1.807) is 19.2 Å². The monoisotopic (exact) mass is 358 g/mol. The molecule has 1 heterocycles. The van der Waals surface area contributed by atoms with E-state index in [-0.39, 0.29) is 29.8 Å². The molecule has 2 N–H and O–H groups in total. The van der Waals surface area contributed by atoms with Crippen molar-refractivity contribution in [1.29, 1.82) is 0 Å². The van der Waals surface area contributed by atoms with Gasteiger partial charge in [-0.05, 0) is 24.0 Å². The molecule has 7 heteroatoms. The Morgan fingerprint density at radius 3 is 2.29 bits per heavy atom. The normalized spacial score (nSPS) is 19.2. The zero-order valence-electron chi connectivity index (χ0n) is 14.9. The molecule has 24 heavy (non-hydrogen) atoms. The van der Waals surface area contributed by atoms with E-state index in [1.807, 2.05) is 4.90 Å². The van der Waals surface area contributed by atoms with Gasteiger partial charge in [-0.25, -0.2) is 0 Å². The number of benzene rings is 1. The Labute approximate surface area is 149 Å².